The number of hydrogen-bond donors (Lipinski definition) is 0. The van der Waals surface area contributed by atoms with Crippen LogP contribution in [0.5, 0.6) is 0 Å². The summed E-state index contributed by atoms with van der Waals surface area (Å²) in [5, 5.41) is 0. The van der Waals surface area contributed by atoms with Gasteiger partial charge in [0.1, 0.15) is 0 Å². The number of rotatable bonds is 2. The van der Waals surface area contributed by atoms with Crippen molar-refractivity contribution in [1.29, 1.82) is 0 Å². The molecule has 1 aromatic carbocycles. The van der Waals surface area contributed by atoms with Crippen molar-refractivity contribution in [3.05, 3.63) is 27.1 Å². The fourth-order valence-corrected chi connectivity index (χ4v) is 2.81. The molecule has 0 saturated carbocycles. The number of halogens is 2. The zero-order valence-corrected chi connectivity index (χ0v) is 10.1. The minimum absolute atomic E-state index is 1.11. The summed E-state index contributed by atoms with van der Waals surface area (Å²) in [6.45, 7) is 2.15. The molecule has 11 heavy (non-hydrogen) atoms. The quantitative estimate of drug-likeness (QED) is 0.732. The lowest BCUT2D eigenvalue weighted by Crippen LogP contribution is -1.75. The first kappa shape index (κ1) is 9.62. The summed E-state index contributed by atoms with van der Waals surface area (Å²) in [6.07, 6.45) is 0. The summed E-state index contributed by atoms with van der Waals surface area (Å²) in [7, 11) is 0. The summed E-state index contributed by atoms with van der Waals surface area (Å²) < 4.78 is 2.28. The molecular formula is C8H8Br2S. The maximum absolute atomic E-state index is 3.50. The Kier molecular flexibility index (Phi) is 3.96. The van der Waals surface area contributed by atoms with Gasteiger partial charge in [-0.05, 0) is 39.9 Å². The van der Waals surface area contributed by atoms with E-state index in [0.717, 1.165) is 10.2 Å². The van der Waals surface area contributed by atoms with E-state index in [9.17, 15) is 0 Å². The summed E-state index contributed by atoms with van der Waals surface area (Å²) in [5.41, 5.74) is 0. The lowest BCUT2D eigenvalue weighted by molar-refractivity contribution is 1.37. The predicted molar refractivity (Wildman–Crippen MR) is 58.2 cm³/mol. The second-order valence-electron chi connectivity index (χ2n) is 2.01. The molecule has 0 aliphatic heterocycles. The average molecular weight is 296 g/mol. The molecule has 0 N–H and O–H groups in total. The maximum Gasteiger partial charge on any atom is 0.0322 e. The molecule has 0 aromatic heterocycles. The highest BCUT2D eigenvalue weighted by molar-refractivity contribution is 9.11. The largest absolute Gasteiger partial charge is 0.125 e. The van der Waals surface area contributed by atoms with E-state index in [-0.39, 0.29) is 0 Å². The van der Waals surface area contributed by atoms with E-state index in [1.165, 1.54) is 9.37 Å². The van der Waals surface area contributed by atoms with Crippen LogP contribution in [0.15, 0.2) is 32.0 Å². The van der Waals surface area contributed by atoms with Gasteiger partial charge in [0.2, 0.25) is 0 Å². The third-order valence-electron chi connectivity index (χ3n) is 1.19. The van der Waals surface area contributed by atoms with Crippen molar-refractivity contribution in [2.45, 2.75) is 11.8 Å². The first-order valence-electron chi connectivity index (χ1n) is 3.32. The minimum atomic E-state index is 1.11. The van der Waals surface area contributed by atoms with Crippen LogP contribution in [0.1, 0.15) is 6.92 Å². The molecule has 0 bridgehead atoms. The van der Waals surface area contributed by atoms with Crippen molar-refractivity contribution in [3.63, 3.8) is 0 Å². The molecule has 0 aliphatic carbocycles. The Morgan fingerprint density at radius 1 is 1.36 bits per heavy atom. The fraction of sp³-hybridized carbons (Fsp3) is 0.250. The van der Waals surface area contributed by atoms with Gasteiger partial charge >= 0.3 is 0 Å². The van der Waals surface area contributed by atoms with Crippen LogP contribution in [-0.2, 0) is 0 Å². The predicted octanol–water partition coefficient (Wildman–Crippen LogP) is 4.32. The lowest BCUT2D eigenvalue weighted by Gasteiger charge is -2.01. The highest BCUT2D eigenvalue weighted by atomic mass is 79.9. The summed E-state index contributed by atoms with van der Waals surface area (Å²) in [4.78, 5) is 1.30. The Bertz CT molecular complexity index is 248. The number of benzene rings is 1. The number of thioether (sulfide) groups is 1. The smallest absolute Gasteiger partial charge is 0.0322 e. The molecule has 0 saturated heterocycles. The van der Waals surface area contributed by atoms with E-state index < -0.39 is 0 Å². The molecule has 3 heteroatoms. The lowest BCUT2D eigenvalue weighted by atomic mass is 10.4. The normalized spacial score (nSPS) is 10.1. The second-order valence-corrected chi connectivity index (χ2v) is 5.08. The molecule has 0 fully saturated rings. The summed E-state index contributed by atoms with van der Waals surface area (Å²) in [6, 6.07) is 6.24. The zero-order valence-electron chi connectivity index (χ0n) is 6.10. The second kappa shape index (κ2) is 4.53. The Morgan fingerprint density at radius 3 is 2.64 bits per heavy atom. The van der Waals surface area contributed by atoms with Crippen molar-refractivity contribution < 1.29 is 0 Å². The van der Waals surface area contributed by atoms with E-state index in [1.807, 2.05) is 11.8 Å². The Labute approximate surface area is 88.0 Å². The van der Waals surface area contributed by atoms with Gasteiger partial charge in [-0.15, -0.1) is 11.8 Å². The van der Waals surface area contributed by atoms with Crippen molar-refractivity contribution in [1.82, 2.24) is 0 Å². The van der Waals surface area contributed by atoms with Gasteiger partial charge in [0, 0.05) is 13.8 Å². The molecule has 0 unspecified atom stereocenters. The first-order chi connectivity index (χ1) is 5.24. The first-order valence-corrected chi connectivity index (χ1v) is 5.89. The standard InChI is InChI=1S/C8H8Br2S/c1-2-11-8-4-3-6(9)5-7(8)10/h3-5H,2H2,1H3. The Balaban J connectivity index is 2.90. The highest BCUT2D eigenvalue weighted by Gasteiger charge is 1.98. The van der Waals surface area contributed by atoms with Gasteiger partial charge in [0.15, 0.2) is 0 Å². The monoisotopic (exact) mass is 294 g/mol. The Morgan fingerprint density at radius 2 is 2.09 bits per heavy atom. The average Bonchev–Trinajstić information content (AvgIpc) is 1.95. The third-order valence-corrected chi connectivity index (χ3v) is 3.56. The molecule has 0 atom stereocenters. The van der Waals surface area contributed by atoms with Crippen LogP contribution in [-0.4, -0.2) is 5.75 Å². The van der Waals surface area contributed by atoms with Gasteiger partial charge < -0.3 is 0 Å². The van der Waals surface area contributed by atoms with Gasteiger partial charge in [0.25, 0.3) is 0 Å². The SMILES string of the molecule is CCSc1ccc(Br)cc1Br. The van der Waals surface area contributed by atoms with Crippen molar-refractivity contribution in [3.8, 4) is 0 Å². The van der Waals surface area contributed by atoms with Crippen LogP contribution in [0.2, 0.25) is 0 Å². The summed E-state index contributed by atoms with van der Waals surface area (Å²) >= 11 is 8.75. The molecule has 0 amide bonds. The molecule has 0 spiro atoms. The fourth-order valence-electron chi connectivity index (χ4n) is 0.748. The highest BCUT2D eigenvalue weighted by Crippen LogP contribution is 2.29. The van der Waals surface area contributed by atoms with E-state index in [0.29, 0.717) is 0 Å². The van der Waals surface area contributed by atoms with Gasteiger partial charge in [-0.2, -0.15) is 0 Å². The van der Waals surface area contributed by atoms with Crippen molar-refractivity contribution in [2.75, 3.05) is 5.75 Å². The topological polar surface area (TPSA) is 0 Å². The molecule has 0 aliphatic rings. The summed E-state index contributed by atoms with van der Waals surface area (Å²) in [5.74, 6) is 1.11. The van der Waals surface area contributed by atoms with Crippen LogP contribution in [0.4, 0.5) is 0 Å². The van der Waals surface area contributed by atoms with Gasteiger partial charge in [-0.1, -0.05) is 22.9 Å². The van der Waals surface area contributed by atoms with Gasteiger partial charge in [-0.25, -0.2) is 0 Å². The molecule has 0 radical (unpaired) electrons. The van der Waals surface area contributed by atoms with E-state index >= 15 is 0 Å². The zero-order chi connectivity index (χ0) is 8.27. The molecule has 60 valence electrons. The van der Waals surface area contributed by atoms with Gasteiger partial charge in [-0.3, -0.25) is 0 Å². The van der Waals surface area contributed by atoms with Crippen LogP contribution < -0.4 is 0 Å². The van der Waals surface area contributed by atoms with Crippen LogP contribution in [0.3, 0.4) is 0 Å². The minimum Gasteiger partial charge on any atom is -0.125 e. The molecule has 1 aromatic rings. The van der Waals surface area contributed by atoms with Crippen LogP contribution >= 0.6 is 43.6 Å². The van der Waals surface area contributed by atoms with Gasteiger partial charge in [0.05, 0.1) is 0 Å². The van der Waals surface area contributed by atoms with Crippen LogP contribution in [0, 0.1) is 0 Å². The molecule has 1 rings (SSSR count). The van der Waals surface area contributed by atoms with Crippen molar-refractivity contribution in [2.24, 2.45) is 0 Å². The molecular weight excluding hydrogens is 288 g/mol. The van der Waals surface area contributed by atoms with E-state index in [1.54, 1.807) is 0 Å². The van der Waals surface area contributed by atoms with Crippen molar-refractivity contribution >= 4 is 43.6 Å². The molecule has 0 nitrogen and oxygen atoms in total. The van der Waals surface area contributed by atoms with Crippen LogP contribution in [0.25, 0.3) is 0 Å². The maximum atomic E-state index is 3.50. The van der Waals surface area contributed by atoms with E-state index in [4.69, 9.17) is 0 Å². The third kappa shape index (κ3) is 2.80. The van der Waals surface area contributed by atoms with E-state index in [2.05, 4.69) is 57.0 Å². The Hall–Kier alpha value is 0.530. The number of hydrogen-bond acceptors (Lipinski definition) is 1. The molecule has 0 heterocycles.